The molecule has 0 radical (unpaired) electrons. The smallest absolute Gasteiger partial charge is 0.146 e. The first-order valence-electron chi connectivity index (χ1n) is 4.98. The molecule has 0 saturated heterocycles. The number of rotatable bonds is 3. The number of aldehydes is 1. The first-order chi connectivity index (χ1) is 7.06. The van der Waals surface area contributed by atoms with E-state index >= 15 is 0 Å². The van der Waals surface area contributed by atoms with Crippen LogP contribution in [0.3, 0.4) is 0 Å². The maximum absolute atomic E-state index is 13.6. The highest BCUT2D eigenvalue weighted by molar-refractivity contribution is 5.82. The Morgan fingerprint density at radius 1 is 1.40 bits per heavy atom. The second-order valence-corrected chi connectivity index (χ2v) is 3.90. The van der Waals surface area contributed by atoms with Gasteiger partial charge in [0.15, 0.2) is 0 Å². The average molecular weight is 206 g/mol. The van der Waals surface area contributed by atoms with Gasteiger partial charge in [-0.15, -0.1) is 0 Å². The molecule has 80 valence electrons. The molecule has 0 aromatic heterocycles. The van der Waals surface area contributed by atoms with E-state index in [0.29, 0.717) is 16.7 Å². The Bertz CT molecular complexity index is 392. The van der Waals surface area contributed by atoms with Gasteiger partial charge in [0.2, 0.25) is 0 Å². The second kappa shape index (κ2) is 4.87. The molecule has 1 rings (SSSR count). The summed E-state index contributed by atoms with van der Waals surface area (Å²) in [5.74, 6) is -0.139. The summed E-state index contributed by atoms with van der Waals surface area (Å²) >= 11 is 0. The Morgan fingerprint density at radius 2 is 2.07 bits per heavy atom. The molecule has 0 aliphatic heterocycles. The first kappa shape index (κ1) is 11.6. The van der Waals surface area contributed by atoms with Crippen LogP contribution in [0.4, 0.5) is 4.39 Å². The molecule has 0 unspecified atom stereocenters. The van der Waals surface area contributed by atoms with Crippen LogP contribution in [0.1, 0.15) is 25.0 Å². The molecule has 0 N–H and O–H groups in total. The predicted molar refractivity (Wildman–Crippen MR) is 60.0 cm³/mol. The molecule has 0 aliphatic rings. The SMILES string of the molecule is Cc1cccc(/C=C(\C=O)C(C)C)c1F. The largest absolute Gasteiger partial charge is 0.298 e. The van der Waals surface area contributed by atoms with Crippen LogP contribution in [0.5, 0.6) is 0 Å². The lowest BCUT2D eigenvalue weighted by Gasteiger charge is -2.05. The molecule has 0 saturated carbocycles. The Kier molecular flexibility index (Phi) is 3.78. The van der Waals surface area contributed by atoms with Crippen molar-refractivity contribution in [3.8, 4) is 0 Å². The Balaban J connectivity index is 3.17. The van der Waals surface area contributed by atoms with Crippen molar-refractivity contribution in [2.24, 2.45) is 5.92 Å². The van der Waals surface area contributed by atoms with E-state index in [4.69, 9.17) is 0 Å². The highest BCUT2D eigenvalue weighted by Crippen LogP contribution is 2.17. The van der Waals surface area contributed by atoms with Gasteiger partial charge in [-0.25, -0.2) is 4.39 Å². The molecule has 0 atom stereocenters. The van der Waals surface area contributed by atoms with Crippen molar-refractivity contribution >= 4 is 12.4 Å². The molecule has 15 heavy (non-hydrogen) atoms. The molecule has 0 aliphatic carbocycles. The van der Waals surface area contributed by atoms with Crippen LogP contribution in [0.2, 0.25) is 0 Å². The van der Waals surface area contributed by atoms with E-state index in [1.165, 1.54) is 0 Å². The van der Waals surface area contributed by atoms with Crippen molar-refractivity contribution in [3.63, 3.8) is 0 Å². The van der Waals surface area contributed by atoms with Gasteiger partial charge in [-0.05, 0) is 30.1 Å². The maximum Gasteiger partial charge on any atom is 0.146 e. The number of halogens is 1. The number of carbonyl (C=O) groups excluding carboxylic acids is 1. The van der Waals surface area contributed by atoms with Crippen LogP contribution in [-0.4, -0.2) is 6.29 Å². The second-order valence-electron chi connectivity index (χ2n) is 3.90. The Morgan fingerprint density at radius 3 is 2.60 bits per heavy atom. The fraction of sp³-hybridized carbons (Fsp3) is 0.308. The van der Waals surface area contributed by atoms with Gasteiger partial charge in [0.05, 0.1) is 0 Å². The van der Waals surface area contributed by atoms with Crippen LogP contribution in [0, 0.1) is 18.7 Å². The van der Waals surface area contributed by atoms with Gasteiger partial charge < -0.3 is 0 Å². The van der Waals surface area contributed by atoms with E-state index in [0.717, 1.165) is 6.29 Å². The van der Waals surface area contributed by atoms with Crippen LogP contribution < -0.4 is 0 Å². The van der Waals surface area contributed by atoms with Crippen molar-refractivity contribution in [1.82, 2.24) is 0 Å². The van der Waals surface area contributed by atoms with Gasteiger partial charge >= 0.3 is 0 Å². The summed E-state index contributed by atoms with van der Waals surface area (Å²) in [6.45, 7) is 5.53. The molecule has 0 heterocycles. The number of aryl methyl sites for hydroxylation is 1. The van der Waals surface area contributed by atoms with E-state index in [1.54, 1.807) is 31.2 Å². The van der Waals surface area contributed by atoms with Crippen molar-refractivity contribution in [2.75, 3.05) is 0 Å². The van der Waals surface area contributed by atoms with E-state index in [1.807, 2.05) is 13.8 Å². The quantitative estimate of drug-likeness (QED) is 0.547. The van der Waals surface area contributed by atoms with E-state index < -0.39 is 0 Å². The van der Waals surface area contributed by atoms with Gasteiger partial charge in [-0.3, -0.25) is 4.79 Å². The van der Waals surface area contributed by atoms with Crippen LogP contribution in [-0.2, 0) is 4.79 Å². The molecule has 0 bridgehead atoms. The molecule has 1 aromatic carbocycles. The zero-order valence-corrected chi connectivity index (χ0v) is 9.25. The number of hydrogen-bond acceptors (Lipinski definition) is 1. The number of allylic oxidation sites excluding steroid dienone is 1. The van der Waals surface area contributed by atoms with Crippen molar-refractivity contribution < 1.29 is 9.18 Å². The zero-order chi connectivity index (χ0) is 11.4. The van der Waals surface area contributed by atoms with Crippen LogP contribution in [0.15, 0.2) is 23.8 Å². The molecule has 1 nitrogen and oxygen atoms in total. The molecular formula is C13H15FO. The monoisotopic (exact) mass is 206 g/mol. The van der Waals surface area contributed by atoms with E-state index in [-0.39, 0.29) is 11.7 Å². The highest BCUT2D eigenvalue weighted by atomic mass is 19.1. The lowest BCUT2D eigenvalue weighted by Crippen LogP contribution is -1.96. The lowest BCUT2D eigenvalue weighted by molar-refractivity contribution is -0.105. The topological polar surface area (TPSA) is 17.1 Å². The van der Waals surface area contributed by atoms with Crippen molar-refractivity contribution in [1.29, 1.82) is 0 Å². The lowest BCUT2D eigenvalue weighted by atomic mass is 10.0. The van der Waals surface area contributed by atoms with Gasteiger partial charge in [0.25, 0.3) is 0 Å². The third kappa shape index (κ3) is 2.75. The van der Waals surface area contributed by atoms with Crippen molar-refractivity contribution in [2.45, 2.75) is 20.8 Å². The van der Waals surface area contributed by atoms with Gasteiger partial charge in [0, 0.05) is 5.56 Å². The number of benzene rings is 1. The summed E-state index contributed by atoms with van der Waals surface area (Å²) in [6.07, 6.45) is 2.40. The van der Waals surface area contributed by atoms with Crippen LogP contribution >= 0.6 is 0 Å². The standard InChI is InChI=1S/C13H15FO/c1-9(2)12(8-15)7-11-6-4-5-10(3)13(11)14/h4-9H,1-3H3/b12-7+. The van der Waals surface area contributed by atoms with Gasteiger partial charge in [-0.1, -0.05) is 32.0 Å². The maximum atomic E-state index is 13.6. The number of carbonyl (C=O) groups is 1. The van der Waals surface area contributed by atoms with Crippen LogP contribution in [0.25, 0.3) is 6.08 Å². The fourth-order valence-electron chi connectivity index (χ4n) is 1.30. The Hall–Kier alpha value is -1.44. The molecule has 1 aromatic rings. The summed E-state index contributed by atoms with van der Waals surface area (Å²) in [7, 11) is 0. The first-order valence-corrected chi connectivity index (χ1v) is 4.98. The Labute approximate surface area is 89.6 Å². The van der Waals surface area contributed by atoms with Gasteiger partial charge in [-0.2, -0.15) is 0 Å². The zero-order valence-electron chi connectivity index (χ0n) is 9.25. The highest BCUT2D eigenvalue weighted by Gasteiger charge is 2.06. The predicted octanol–water partition coefficient (Wildman–Crippen LogP) is 3.37. The summed E-state index contributed by atoms with van der Waals surface area (Å²) < 4.78 is 13.6. The van der Waals surface area contributed by atoms with Gasteiger partial charge in [0.1, 0.15) is 12.1 Å². The molecule has 2 heteroatoms. The minimum atomic E-state index is -0.252. The third-order valence-electron chi connectivity index (χ3n) is 2.35. The minimum Gasteiger partial charge on any atom is -0.298 e. The summed E-state index contributed by atoms with van der Waals surface area (Å²) in [5.41, 5.74) is 1.68. The molecule has 0 spiro atoms. The molecular weight excluding hydrogens is 191 g/mol. The number of hydrogen-bond donors (Lipinski definition) is 0. The minimum absolute atomic E-state index is 0.113. The molecule has 0 fully saturated rings. The third-order valence-corrected chi connectivity index (χ3v) is 2.35. The summed E-state index contributed by atoms with van der Waals surface area (Å²) in [6, 6.07) is 5.17. The average Bonchev–Trinajstić information content (AvgIpc) is 2.19. The summed E-state index contributed by atoms with van der Waals surface area (Å²) in [5, 5.41) is 0. The van der Waals surface area contributed by atoms with Crippen molar-refractivity contribution in [3.05, 3.63) is 40.7 Å². The molecule has 0 amide bonds. The van der Waals surface area contributed by atoms with E-state index in [9.17, 15) is 9.18 Å². The normalized spacial score (nSPS) is 11.9. The van der Waals surface area contributed by atoms with E-state index in [2.05, 4.69) is 0 Å². The summed E-state index contributed by atoms with van der Waals surface area (Å²) in [4.78, 5) is 10.8. The fourth-order valence-corrected chi connectivity index (χ4v) is 1.30.